The normalized spacial score (nSPS) is 10.1. The maximum absolute atomic E-state index is 11.8. The van der Waals surface area contributed by atoms with Crippen molar-refractivity contribution in [3.8, 4) is 0 Å². The number of carbonyl (C=O) groups excluding carboxylic acids is 1. The number of hydrogen-bond acceptors (Lipinski definition) is 2. The third kappa shape index (κ3) is 2.75. The number of rotatable bonds is 2. The lowest BCUT2D eigenvalue weighted by atomic mass is 10.2. The molecule has 1 N–H and O–H groups in total. The van der Waals surface area contributed by atoms with Gasteiger partial charge in [-0.05, 0) is 52.2 Å². The van der Waals surface area contributed by atoms with E-state index in [-0.39, 0.29) is 5.91 Å². The third-order valence-electron chi connectivity index (χ3n) is 1.96. The average molecular weight is 364 g/mol. The number of carbonyl (C=O) groups is 1. The summed E-state index contributed by atoms with van der Waals surface area (Å²) in [5.41, 5.74) is 1.38. The van der Waals surface area contributed by atoms with Gasteiger partial charge in [0.25, 0.3) is 5.91 Å². The molecule has 2 aromatic rings. The molecule has 1 heterocycles. The van der Waals surface area contributed by atoms with E-state index in [2.05, 4.69) is 27.9 Å². The van der Waals surface area contributed by atoms with Gasteiger partial charge in [0.15, 0.2) is 0 Å². The van der Waals surface area contributed by atoms with E-state index in [1.807, 2.05) is 22.9 Å². The molecule has 82 valence electrons. The monoisotopic (exact) mass is 363 g/mol. The highest BCUT2D eigenvalue weighted by Gasteiger charge is 2.08. The standard InChI is InChI=1S/C11H7ClINOS/c12-9-5-7(1-2-10(9)13)11(15)14-8-3-4-16-6-8/h1-6H,(H,14,15). The minimum Gasteiger partial charge on any atom is -0.321 e. The molecule has 0 aliphatic heterocycles. The molecule has 0 bridgehead atoms. The van der Waals surface area contributed by atoms with E-state index >= 15 is 0 Å². The summed E-state index contributed by atoms with van der Waals surface area (Å²) < 4.78 is 0.936. The second-order valence-electron chi connectivity index (χ2n) is 3.10. The first-order chi connectivity index (χ1) is 7.66. The van der Waals surface area contributed by atoms with Gasteiger partial charge in [-0.25, -0.2) is 0 Å². The van der Waals surface area contributed by atoms with Crippen molar-refractivity contribution >= 4 is 57.1 Å². The fourth-order valence-corrected chi connectivity index (χ4v) is 2.28. The van der Waals surface area contributed by atoms with E-state index < -0.39 is 0 Å². The van der Waals surface area contributed by atoms with Crippen LogP contribution in [0.25, 0.3) is 0 Å². The Kier molecular flexibility index (Phi) is 3.83. The predicted molar refractivity (Wildman–Crippen MR) is 76.4 cm³/mol. The fraction of sp³-hybridized carbons (Fsp3) is 0. The van der Waals surface area contributed by atoms with E-state index in [0.29, 0.717) is 10.6 Å². The zero-order valence-corrected chi connectivity index (χ0v) is 11.8. The first-order valence-corrected chi connectivity index (χ1v) is 6.85. The molecule has 1 amide bonds. The maximum Gasteiger partial charge on any atom is 0.255 e. The zero-order valence-electron chi connectivity index (χ0n) is 8.04. The highest BCUT2D eigenvalue weighted by molar-refractivity contribution is 14.1. The molecule has 0 spiro atoms. The smallest absolute Gasteiger partial charge is 0.255 e. The average Bonchev–Trinajstić information content (AvgIpc) is 2.74. The molecule has 0 radical (unpaired) electrons. The van der Waals surface area contributed by atoms with Crippen LogP contribution in [0.5, 0.6) is 0 Å². The SMILES string of the molecule is O=C(Nc1ccsc1)c1ccc(I)c(Cl)c1. The molecule has 5 heteroatoms. The molecule has 1 aromatic carbocycles. The Morgan fingerprint density at radius 2 is 2.19 bits per heavy atom. The number of benzene rings is 1. The van der Waals surface area contributed by atoms with Crippen LogP contribution >= 0.6 is 45.5 Å². The number of hydrogen-bond donors (Lipinski definition) is 1. The minimum absolute atomic E-state index is 0.142. The van der Waals surface area contributed by atoms with Crippen LogP contribution in [0, 0.1) is 3.57 Å². The van der Waals surface area contributed by atoms with Gasteiger partial charge in [0.05, 0.1) is 10.7 Å². The van der Waals surface area contributed by atoms with Crippen LogP contribution in [0.3, 0.4) is 0 Å². The summed E-state index contributed by atoms with van der Waals surface area (Å²) >= 11 is 9.62. The van der Waals surface area contributed by atoms with Crippen LogP contribution in [-0.4, -0.2) is 5.91 Å². The van der Waals surface area contributed by atoms with Crippen molar-refractivity contribution in [2.45, 2.75) is 0 Å². The van der Waals surface area contributed by atoms with Crippen molar-refractivity contribution in [2.75, 3.05) is 5.32 Å². The summed E-state index contributed by atoms with van der Waals surface area (Å²) in [5.74, 6) is -0.142. The number of amides is 1. The third-order valence-corrected chi connectivity index (χ3v) is 4.22. The molecular weight excluding hydrogens is 357 g/mol. The van der Waals surface area contributed by atoms with Crippen molar-refractivity contribution in [2.24, 2.45) is 0 Å². The molecule has 1 aromatic heterocycles. The summed E-state index contributed by atoms with van der Waals surface area (Å²) in [7, 11) is 0. The molecule has 0 unspecified atom stereocenters. The Hall–Kier alpha value is -0.590. The van der Waals surface area contributed by atoms with Crippen LogP contribution < -0.4 is 5.32 Å². The van der Waals surface area contributed by atoms with Crippen LogP contribution in [-0.2, 0) is 0 Å². The van der Waals surface area contributed by atoms with Crippen molar-refractivity contribution in [3.05, 3.63) is 49.2 Å². The van der Waals surface area contributed by atoms with E-state index in [0.717, 1.165) is 9.26 Å². The summed E-state index contributed by atoms with van der Waals surface area (Å²) in [5, 5.41) is 7.19. The summed E-state index contributed by atoms with van der Waals surface area (Å²) in [4.78, 5) is 11.8. The van der Waals surface area contributed by atoms with Crippen LogP contribution in [0.2, 0.25) is 5.02 Å². The van der Waals surface area contributed by atoms with Gasteiger partial charge in [-0.3, -0.25) is 4.79 Å². The summed E-state index contributed by atoms with van der Waals surface area (Å²) in [6, 6.07) is 7.11. The number of halogens is 2. The molecular formula is C11H7ClINOS. The first-order valence-electron chi connectivity index (χ1n) is 4.45. The van der Waals surface area contributed by atoms with Gasteiger partial charge in [0.2, 0.25) is 0 Å². The predicted octanol–water partition coefficient (Wildman–Crippen LogP) is 4.26. The highest BCUT2D eigenvalue weighted by Crippen LogP contribution is 2.20. The maximum atomic E-state index is 11.8. The van der Waals surface area contributed by atoms with Crippen LogP contribution in [0.15, 0.2) is 35.0 Å². The molecule has 0 saturated carbocycles. The van der Waals surface area contributed by atoms with Crippen molar-refractivity contribution in [3.63, 3.8) is 0 Å². The fourth-order valence-electron chi connectivity index (χ4n) is 1.18. The molecule has 16 heavy (non-hydrogen) atoms. The molecule has 0 atom stereocenters. The van der Waals surface area contributed by atoms with E-state index in [4.69, 9.17) is 11.6 Å². The molecule has 2 rings (SSSR count). The van der Waals surface area contributed by atoms with Gasteiger partial charge in [-0.15, -0.1) is 0 Å². The van der Waals surface area contributed by atoms with Gasteiger partial charge in [0.1, 0.15) is 0 Å². The van der Waals surface area contributed by atoms with E-state index in [1.54, 1.807) is 23.5 Å². The Morgan fingerprint density at radius 1 is 1.38 bits per heavy atom. The van der Waals surface area contributed by atoms with Crippen molar-refractivity contribution < 1.29 is 4.79 Å². The molecule has 0 fully saturated rings. The largest absolute Gasteiger partial charge is 0.321 e. The minimum atomic E-state index is -0.142. The molecule has 0 aliphatic rings. The quantitative estimate of drug-likeness (QED) is 0.794. The van der Waals surface area contributed by atoms with Crippen molar-refractivity contribution in [1.29, 1.82) is 0 Å². The highest BCUT2D eigenvalue weighted by atomic mass is 127. The number of anilines is 1. The topological polar surface area (TPSA) is 29.1 Å². The second-order valence-corrected chi connectivity index (χ2v) is 5.44. The van der Waals surface area contributed by atoms with Gasteiger partial charge >= 0.3 is 0 Å². The number of nitrogens with one attached hydrogen (secondary N) is 1. The van der Waals surface area contributed by atoms with Crippen LogP contribution in [0.4, 0.5) is 5.69 Å². The zero-order chi connectivity index (χ0) is 11.5. The van der Waals surface area contributed by atoms with Crippen LogP contribution in [0.1, 0.15) is 10.4 Å². The Balaban J connectivity index is 2.18. The van der Waals surface area contributed by atoms with Gasteiger partial charge in [-0.2, -0.15) is 11.3 Å². The first kappa shape index (κ1) is 11.9. The summed E-state index contributed by atoms with van der Waals surface area (Å²) in [6.07, 6.45) is 0. The van der Waals surface area contributed by atoms with Gasteiger partial charge < -0.3 is 5.32 Å². The lowest BCUT2D eigenvalue weighted by molar-refractivity contribution is 0.102. The number of thiophene rings is 1. The molecule has 0 saturated heterocycles. The lowest BCUT2D eigenvalue weighted by Gasteiger charge is -2.04. The van der Waals surface area contributed by atoms with E-state index in [9.17, 15) is 4.79 Å². The van der Waals surface area contributed by atoms with Crippen molar-refractivity contribution in [1.82, 2.24) is 0 Å². The van der Waals surface area contributed by atoms with Gasteiger partial charge in [0, 0.05) is 14.5 Å². The molecule has 2 nitrogen and oxygen atoms in total. The summed E-state index contributed by atoms with van der Waals surface area (Å²) in [6.45, 7) is 0. The lowest BCUT2D eigenvalue weighted by Crippen LogP contribution is -2.11. The molecule has 0 aliphatic carbocycles. The Morgan fingerprint density at radius 3 is 2.81 bits per heavy atom. The Labute approximate surface area is 116 Å². The van der Waals surface area contributed by atoms with E-state index in [1.165, 1.54) is 0 Å². The van der Waals surface area contributed by atoms with Gasteiger partial charge in [-0.1, -0.05) is 11.6 Å². The Bertz CT molecular complexity index is 513. The second kappa shape index (κ2) is 5.16.